The molecule has 8 nitrogen and oxygen atoms in total. The molecule has 0 radical (unpaired) electrons. The Morgan fingerprint density at radius 3 is 1.84 bits per heavy atom. The number of nitrogens with one attached hydrogen (secondary N) is 1. The standard InChI is InChI=1S/C17H16N2O.C9H16O2.C6H13NO2S.2CH4/c1-12(2)20-17-16(13-8-4-3-5-9-13)18-14-10-6-7-11-15(14)19-17;1-7(2)9(10)11-8-5-3-4-6-8;1-5(2)7-10(8,9)6-3-4-6;;/h3-12H,1-2H3;7-8H,3-6H2,1-2H3;5-7H,3-4H2,1-2H3;2*1H4. The van der Waals surface area contributed by atoms with E-state index >= 15 is 0 Å². The number of carbonyl (C=O) groups is 1. The number of hydrogen-bond donors (Lipinski definition) is 1. The van der Waals surface area contributed by atoms with Gasteiger partial charge in [-0.05, 0) is 78.4 Å². The zero-order valence-corrected chi connectivity index (χ0v) is 26.0. The molecule has 0 unspecified atom stereocenters. The minimum Gasteiger partial charge on any atom is -0.473 e. The average Bonchev–Trinajstić information content (AvgIpc) is 3.67. The molecule has 43 heavy (non-hydrogen) atoms. The summed E-state index contributed by atoms with van der Waals surface area (Å²) in [4.78, 5) is 20.4. The molecular formula is C34H53N3O5S. The molecule has 0 atom stereocenters. The summed E-state index contributed by atoms with van der Waals surface area (Å²) in [6, 6.07) is 17.9. The highest BCUT2D eigenvalue weighted by Crippen LogP contribution is 2.29. The van der Waals surface area contributed by atoms with Gasteiger partial charge in [-0.3, -0.25) is 4.79 Å². The molecule has 2 saturated carbocycles. The molecule has 1 aromatic heterocycles. The normalized spacial score (nSPS) is 14.6. The molecule has 1 heterocycles. The number of aromatic nitrogens is 2. The van der Waals surface area contributed by atoms with Gasteiger partial charge in [0.2, 0.25) is 15.9 Å². The molecule has 2 aliphatic rings. The number of para-hydroxylation sites is 2. The van der Waals surface area contributed by atoms with E-state index < -0.39 is 10.0 Å². The molecule has 3 aromatic rings. The minimum atomic E-state index is -2.94. The molecule has 0 bridgehead atoms. The Morgan fingerprint density at radius 1 is 0.814 bits per heavy atom. The maximum atomic E-state index is 11.1. The second-order valence-corrected chi connectivity index (χ2v) is 13.4. The molecule has 2 aliphatic carbocycles. The van der Waals surface area contributed by atoms with Gasteiger partial charge in [0.1, 0.15) is 11.8 Å². The lowest BCUT2D eigenvalue weighted by molar-refractivity contribution is -0.152. The van der Waals surface area contributed by atoms with Gasteiger partial charge in [0.05, 0.1) is 28.3 Å². The number of hydrogen-bond acceptors (Lipinski definition) is 7. The lowest BCUT2D eigenvalue weighted by Crippen LogP contribution is -2.32. The first-order valence-corrected chi connectivity index (χ1v) is 16.2. The Balaban J connectivity index is 0.000000345. The number of ether oxygens (including phenoxy) is 2. The predicted octanol–water partition coefficient (Wildman–Crippen LogP) is 7.96. The number of nitrogens with zero attached hydrogens (tertiary/aromatic N) is 2. The van der Waals surface area contributed by atoms with Crippen LogP contribution in [-0.4, -0.2) is 47.9 Å². The third-order valence-electron chi connectivity index (χ3n) is 6.35. The van der Waals surface area contributed by atoms with Crippen LogP contribution in [-0.2, 0) is 19.6 Å². The molecule has 2 aromatic carbocycles. The van der Waals surface area contributed by atoms with E-state index in [0.29, 0.717) is 5.88 Å². The fourth-order valence-electron chi connectivity index (χ4n) is 4.18. The minimum absolute atomic E-state index is 0. The van der Waals surface area contributed by atoms with Crippen molar-refractivity contribution < 1.29 is 22.7 Å². The molecule has 2 fully saturated rings. The van der Waals surface area contributed by atoms with E-state index in [0.717, 1.165) is 48.0 Å². The van der Waals surface area contributed by atoms with Crippen LogP contribution in [0.4, 0.5) is 0 Å². The van der Waals surface area contributed by atoms with Gasteiger partial charge in [-0.2, -0.15) is 0 Å². The van der Waals surface area contributed by atoms with E-state index in [1.165, 1.54) is 12.8 Å². The van der Waals surface area contributed by atoms with Crippen molar-refractivity contribution in [2.75, 3.05) is 0 Å². The van der Waals surface area contributed by atoms with E-state index in [9.17, 15) is 13.2 Å². The topological polar surface area (TPSA) is 107 Å². The fraction of sp³-hybridized carbons (Fsp3) is 0.559. The van der Waals surface area contributed by atoms with Crippen LogP contribution >= 0.6 is 0 Å². The largest absolute Gasteiger partial charge is 0.473 e. The first-order valence-electron chi connectivity index (χ1n) is 14.7. The third kappa shape index (κ3) is 12.6. The van der Waals surface area contributed by atoms with Gasteiger partial charge in [0.15, 0.2) is 0 Å². The second kappa shape index (κ2) is 17.9. The summed E-state index contributed by atoms with van der Waals surface area (Å²) in [5, 5.41) is -0.0881. The summed E-state index contributed by atoms with van der Waals surface area (Å²) >= 11 is 0. The Kier molecular flexibility index (Phi) is 15.8. The Labute approximate surface area is 260 Å². The third-order valence-corrected chi connectivity index (χ3v) is 8.50. The quantitative estimate of drug-likeness (QED) is 0.256. The molecule has 0 spiro atoms. The number of sulfonamides is 1. The van der Waals surface area contributed by atoms with E-state index in [1.807, 2.05) is 96.1 Å². The number of rotatable bonds is 8. The zero-order chi connectivity index (χ0) is 30.0. The number of carbonyl (C=O) groups excluding carboxylic acids is 1. The lowest BCUT2D eigenvalue weighted by atomic mass is 10.1. The van der Waals surface area contributed by atoms with Crippen LogP contribution < -0.4 is 9.46 Å². The summed E-state index contributed by atoms with van der Waals surface area (Å²) in [7, 11) is -2.94. The summed E-state index contributed by atoms with van der Waals surface area (Å²) < 4.78 is 35.8. The summed E-state index contributed by atoms with van der Waals surface area (Å²) in [6.45, 7) is 11.4. The number of esters is 1. The van der Waals surface area contributed by atoms with Crippen LogP contribution in [0.3, 0.4) is 0 Å². The van der Waals surface area contributed by atoms with Crippen molar-refractivity contribution in [1.29, 1.82) is 0 Å². The molecule has 9 heteroatoms. The van der Waals surface area contributed by atoms with Gasteiger partial charge in [-0.1, -0.05) is 71.2 Å². The van der Waals surface area contributed by atoms with Crippen molar-refractivity contribution in [2.45, 2.75) is 118 Å². The molecular weight excluding hydrogens is 562 g/mol. The van der Waals surface area contributed by atoms with Crippen molar-refractivity contribution >= 4 is 27.0 Å². The van der Waals surface area contributed by atoms with Crippen LogP contribution in [0.15, 0.2) is 54.6 Å². The molecule has 0 amide bonds. The van der Waals surface area contributed by atoms with Crippen molar-refractivity contribution in [1.82, 2.24) is 14.7 Å². The molecule has 1 N–H and O–H groups in total. The highest BCUT2D eigenvalue weighted by atomic mass is 32.2. The maximum absolute atomic E-state index is 11.1. The molecule has 240 valence electrons. The summed E-state index contributed by atoms with van der Waals surface area (Å²) in [5.41, 5.74) is 3.53. The molecule has 5 rings (SSSR count). The van der Waals surface area contributed by atoms with Gasteiger partial charge in [0.25, 0.3) is 0 Å². The second-order valence-electron chi connectivity index (χ2n) is 11.4. The van der Waals surface area contributed by atoms with Gasteiger partial charge in [-0.25, -0.2) is 23.1 Å². The zero-order valence-electron chi connectivity index (χ0n) is 25.2. The Bertz CT molecular complexity index is 1350. The van der Waals surface area contributed by atoms with Gasteiger partial charge >= 0.3 is 5.97 Å². The van der Waals surface area contributed by atoms with Crippen LogP contribution in [0.25, 0.3) is 22.3 Å². The maximum Gasteiger partial charge on any atom is 0.308 e. The monoisotopic (exact) mass is 615 g/mol. The van der Waals surface area contributed by atoms with Crippen molar-refractivity contribution in [3.05, 3.63) is 54.6 Å². The van der Waals surface area contributed by atoms with E-state index in [1.54, 1.807) is 0 Å². The van der Waals surface area contributed by atoms with E-state index in [2.05, 4.69) is 9.71 Å². The Morgan fingerprint density at radius 2 is 1.35 bits per heavy atom. The average molecular weight is 616 g/mol. The number of fused-ring (bicyclic) bond motifs is 1. The summed E-state index contributed by atoms with van der Waals surface area (Å²) in [5.74, 6) is 0.567. The highest BCUT2D eigenvalue weighted by molar-refractivity contribution is 7.90. The fourth-order valence-corrected chi connectivity index (χ4v) is 5.79. The summed E-state index contributed by atoms with van der Waals surface area (Å²) in [6.07, 6.45) is 6.53. The van der Waals surface area contributed by atoms with Crippen LogP contribution in [0.1, 0.15) is 94.9 Å². The smallest absolute Gasteiger partial charge is 0.308 e. The lowest BCUT2D eigenvalue weighted by Gasteiger charge is -2.13. The van der Waals surface area contributed by atoms with Gasteiger partial charge in [0, 0.05) is 11.6 Å². The van der Waals surface area contributed by atoms with Gasteiger partial charge in [-0.15, -0.1) is 0 Å². The Hall–Kier alpha value is -3.04. The van der Waals surface area contributed by atoms with Gasteiger partial charge < -0.3 is 9.47 Å². The SMILES string of the molecule is C.C.CC(C)C(=O)OC1CCCC1.CC(C)NS(=O)(=O)C1CC1.CC(C)Oc1nc2ccccc2nc1-c1ccccc1. The van der Waals surface area contributed by atoms with Crippen molar-refractivity contribution in [3.63, 3.8) is 0 Å². The molecule has 0 aliphatic heterocycles. The molecule has 0 saturated heterocycles. The van der Waals surface area contributed by atoms with E-state index in [-0.39, 0.29) is 50.2 Å². The van der Waals surface area contributed by atoms with Crippen molar-refractivity contribution in [2.24, 2.45) is 5.92 Å². The first kappa shape index (κ1) is 38.0. The van der Waals surface area contributed by atoms with Crippen LogP contribution in [0.2, 0.25) is 0 Å². The number of benzene rings is 2. The van der Waals surface area contributed by atoms with Crippen LogP contribution in [0.5, 0.6) is 5.88 Å². The highest BCUT2D eigenvalue weighted by Gasteiger charge is 2.35. The predicted molar refractivity (Wildman–Crippen MR) is 178 cm³/mol. The van der Waals surface area contributed by atoms with E-state index in [4.69, 9.17) is 14.5 Å². The van der Waals surface area contributed by atoms with Crippen LogP contribution in [0, 0.1) is 5.92 Å². The first-order chi connectivity index (χ1) is 19.5. The van der Waals surface area contributed by atoms with Crippen molar-refractivity contribution in [3.8, 4) is 17.1 Å².